The third-order valence-electron chi connectivity index (χ3n) is 4.40. The Bertz CT molecular complexity index is 861. The largest absolute Gasteiger partial charge is 0.496 e. The maximum atomic E-state index is 13.3. The van der Waals surface area contributed by atoms with Gasteiger partial charge in [0.25, 0.3) is 0 Å². The van der Waals surface area contributed by atoms with Crippen LogP contribution in [-0.2, 0) is 9.47 Å². The number of carbonyl (C=O) groups excluding carboxylic acids is 1. The Morgan fingerprint density at radius 1 is 0.742 bits per heavy atom. The molecule has 0 spiro atoms. The van der Waals surface area contributed by atoms with Crippen molar-refractivity contribution in [1.82, 2.24) is 0 Å². The molecule has 170 valence electrons. The van der Waals surface area contributed by atoms with Gasteiger partial charge in [0, 0.05) is 37.7 Å². The smallest absolute Gasteiger partial charge is 0.196 e. The lowest BCUT2D eigenvalue weighted by atomic mass is 10.2. The van der Waals surface area contributed by atoms with Gasteiger partial charge in [-0.3, -0.25) is 4.79 Å². The molecule has 0 fully saturated rings. The average Bonchev–Trinajstić information content (AvgIpc) is 2.79. The Morgan fingerprint density at radius 2 is 1.29 bits per heavy atom. The molecule has 0 bridgehead atoms. The van der Waals surface area contributed by atoms with Crippen molar-refractivity contribution in [2.75, 3.05) is 35.5 Å². The van der Waals surface area contributed by atoms with E-state index >= 15 is 0 Å². The second-order valence-electron chi connectivity index (χ2n) is 6.36. The summed E-state index contributed by atoms with van der Waals surface area (Å²) in [4.78, 5) is 13.3. The molecule has 3 unspecified atom stereocenters. The monoisotopic (exact) mass is 452 g/mol. The van der Waals surface area contributed by atoms with Gasteiger partial charge >= 0.3 is 0 Å². The van der Waals surface area contributed by atoms with Gasteiger partial charge in [-0.25, -0.2) is 0 Å². The first-order valence-corrected chi connectivity index (χ1v) is 10.5. The van der Waals surface area contributed by atoms with Gasteiger partial charge in [-0.15, -0.1) is 0 Å². The second kappa shape index (κ2) is 11.7. The minimum Gasteiger partial charge on any atom is -0.496 e. The van der Waals surface area contributed by atoms with E-state index < -0.39 is 12.6 Å². The highest BCUT2D eigenvalue weighted by Gasteiger charge is 2.23. The molecule has 0 radical (unpaired) electrons. The zero-order chi connectivity index (χ0) is 23.0. The highest BCUT2D eigenvalue weighted by Crippen LogP contribution is 2.39. The summed E-state index contributed by atoms with van der Waals surface area (Å²) in [7, 11) is 7.35. The fourth-order valence-electron chi connectivity index (χ4n) is 2.66. The van der Waals surface area contributed by atoms with Crippen LogP contribution in [0.15, 0.2) is 30.3 Å². The third-order valence-corrected chi connectivity index (χ3v) is 5.56. The quantitative estimate of drug-likeness (QED) is 0.357. The van der Waals surface area contributed by atoms with Crippen LogP contribution in [-0.4, -0.2) is 53.7 Å². The Morgan fingerprint density at radius 3 is 1.81 bits per heavy atom. The van der Waals surface area contributed by atoms with Crippen molar-refractivity contribution < 1.29 is 38.0 Å². The molecule has 0 amide bonds. The van der Waals surface area contributed by atoms with E-state index in [0.717, 1.165) is 0 Å². The summed E-state index contributed by atoms with van der Waals surface area (Å²) >= 11 is 0. The molecule has 9 heteroatoms. The Labute approximate surface area is 184 Å². The highest BCUT2D eigenvalue weighted by atomic mass is 31.1. The van der Waals surface area contributed by atoms with Crippen LogP contribution in [0.4, 0.5) is 0 Å². The predicted molar refractivity (Wildman–Crippen MR) is 119 cm³/mol. The molecule has 0 aliphatic heterocycles. The number of ether oxygens (including phenoxy) is 7. The van der Waals surface area contributed by atoms with Crippen LogP contribution >= 0.6 is 8.58 Å². The SMILES string of the molecule is COc1cc(OC)c(C(=O)Pc2ccc(OC(C)OC)cc2OC(C)OC)c(OC)c1. The third kappa shape index (κ3) is 6.47. The van der Waals surface area contributed by atoms with Gasteiger partial charge in [0.05, 0.1) is 21.3 Å². The number of benzene rings is 2. The lowest BCUT2D eigenvalue weighted by Crippen LogP contribution is -2.19. The van der Waals surface area contributed by atoms with Crippen molar-refractivity contribution in [3.63, 3.8) is 0 Å². The van der Waals surface area contributed by atoms with Crippen LogP contribution in [0.3, 0.4) is 0 Å². The Balaban J connectivity index is 2.41. The summed E-state index contributed by atoms with van der Waals surface area (Å²) in [6.45, 7) is 3.54. The van der Waals surface area contributed by atoms with E-state index in [-0.39, 0.29) is 14.1 Å². The molecular weight excluding hydrogens is 423 g/mol. The number of rotatable bonds is 12. The van der Waals surface area contributed by atoms with Crippen LogP contribution in [0.5, 0.6) is 28.7 Å². The van der Waals surface area contributed by atoms with Gasteiger partial charge in [0.2, 0.25) is 0 Å². The van der Waals surface area contributed by atoms with Crippen LogP contribution < -0.4 is 29.0 Å². The zero-order valence-electron chi connectivity index (χ0n) is 18.8. The minimum absolute atomic E-state index is 0.176. The maximum Gasteiger partial charge on any atom is 0.196 e. The maximum absolute atomic E-state index is 13.3. The van der Waals surface area contributed by atoms with E-state index in [2.05, 4.69) is 0 Å². The average molecular weight is 452 g/mol. The summed E-state index contributed by atoms with van der Waals surface area (Å²) in [5, 5.41) is 0.686. The zero-order valence-corrected chi connectivity index (χ0v) is 19.8. The molecule has 3 atom stereocenters. The van der Waals surface area contributed by atoms with Crippen molar-refractivity contribution in [3.05, 3.63) is 35.9 Å². The molecule has 8 nitrogen and oxygen atoms in total. The van der Waals surface area contributed by atoms with Crippen molar-refractivity contribution >= 4 is 19.4 Å². The Kier molecular flexibility index (Phi) is 9.37. The van der Waals surface area contributed by atoms with Crippen molar-refractivity contribution in [3.8, 4) is 28.7 Å². The molecule has 0 aliphatic rings. The van der Waals surface area contributed by atoms with Crippen molar-refractivity contribution in [1.29, 1.82) is 0 Å². The fourth-order valence-corrected chi connectivity index (χ4v) is 3.69. The lowest BCUT2D eigenvalue weighted by molar-refractivity contribution is -0.0421. The van der Waals surface area contributed by atoms with Crippen LogP contribution in [0.1, 0.15) is 24.2 Å². The summed E-state index contributed by atoms with van der Waals surface area (Å²) in [5.74, 6) is 2.30. The number of hydrogen-bond acceptors (Lipinski definition) is 8. The second-order valence-corrected chi connectivity index (χ2v) is 7.60. The first kappa shape index (κ1) is 24.7. The van der Waals surface area contributed by atoms with Gasteiger partial charge in [-0.05, 0) is 34.6 Å². The van der Waals surface area contributed by atoms with Gasteiger partial charge in [-0.2, -0.15) is 0 Å². The molecule has 0 heterocycles. The standard InChI is InChI=1S/C22H29O8P/c1-13(24-3)29-15-8-9-20(17(10-15)30-14(2)25-4)31-22(23)21-18(27-6)11-16(26-5)12-19(21)28-7/h8-14,31H,1-7H3. The molecule has 0 saturated heterocycles. The summed E-state index contributed by atoms with van der Waals surface area (Å²) in [6, 6.07) is 8.55. The van der Waals surface area contributed by atoms with Gasteiger partial charge in [-0.1, -0.05) is 0 Å². The van der Waals surface area contributed by atoms with E-state index in [9.17, 15) is 4.79 Å². The Hall–Kier alpha value is -2.54. The lowest BCUT2D eigenvalue weighted by Gasteiger charge is -2.19. The first-order chi connectivity index (χ1) is 14.9. The summed E-state index contributed by atoms with van der Waals surface area (Å²) in [6.07, 6.45) is -0.950. The van der Waals surface area contributed by atoms with E-state index in [1.165, 1.54) is 28.4 Å². The summed E-state index contributed by atoms with van der Waals surface area (Å²) < 4.78 is 38.0. The van der Waals surface area contributed by atoms with E-state index in [4.69, 9.17) is 33.2 Å². The molecule has 2 aromatic carbocycles. The molecule has 0 N–H and O–H groups in total. The van der Waals surface area contributed by atoms with Gasteiger partial charge in [0.15, 0.2) is 18.1 Å². The highest BCUT2D eigenvalue weighted by molar-refractivity contribution is 7.66. The number of hydrogen-bond donors (Lipinski definition) is 0. The molecule has 0 aromatic heterocycles. The molecule has 0 saturated carbocycles. The predicted octanol–water partition coefficient (Wildman–Crippen LogP) is 3.60. The number of carbonyl (C=O) groups is 1. The molecule has 31 heavy (non-hydrogen) atoms. The molecule has 2 aromatic rings. The van der Waals surface area contributed by atoms with Gasteiger partial charge < -0.3 is 33.2 Å². The van der Waals surface area contributed by atoms with Crippen molar-refractivity contribution in [2.45, 2.75) is 26.4 Å². The molecule has 0 aliphatic carbocycles. The van der Waals surface area contributed by atoms with Crippen LogP contribution in [0, 0.1) is 0 Å². The fraction of sp³-hybridized carbons (Fsp3) is 0.409. The first-order valence-electron chi connectivity index (χ1n) is 9.51. The van der Waals surface area contributed by atoms with Crippen LogP contribution in [0.25, 0.3) is 0 Å². The summed E-state index contributed by atoms with van der Waals surface area (Å²) in [5.41, 5.74) is 0.161. The van der Waals surface area contributed by atoms with Crippen LogP contribution in [0.2, 0.25) is 0 Å². The van der Waals surface area contributed by atoms with Gasteiger partial charge in [0.1, 0.15) is 34.3 Å². The minimum atomic E-state index is -0.515. The van der Waals surface area contributed by atoms with E-state index in [1.54, 1.807) is 51.3 Å². The van der Waals surface area contributed by atoms with Crippen molar-refractivity contribution in [2.24, 2.45) is 0 Å². The van der Waals surface area contributed by atoms with E-state index in [1.807, 2.05) is 0 Å². The molecular formula is C22H29O8P. The number of methoxy groups -OCH3 is 5. The molecule has 2 rings (SSSR count). The van der Waals surface area contributed by atoms with E-state index in [0.29, 0.717) is 39.6 Å². The topological polar surface area (TPSA) is 81.7 Å². The normalized spacial score (nSPS) is 13.0.